The van der Waals surface area contributed by atoms with Crippen molar-refractivity contribution in [2.24, 2.45) is 0 Å². The normalized spacial score (nSPS) is 12.5. The Bertz CT molecular complexity index is 986. The highest BCUT2D eigenvalue weighted by Gasteiger charge is 2.19. The first-order valence-electron chi connectivity index (χ1n) is 8.90. The molecule has 0 heterocycles. The highest BCUT2D eigenvalue weighted by atomic mass is 32.2. The van der Waals surface area contributed by atoms with Crippen LogP contribution >= 0.6 is 11.8 Å². The van der Waals surface area contributed by atoms with E-state index < -0.39 is 10.0 Å². The Morgan fingerprint density at radius 1 is 0.929 bits per heavy atom. The Morgan fingerprint density at radius 3 is 2.18 bits per heavy atom. The number of sulfonamides is 1. The lowest BCUT2D eigenvalue weighted by Crippen LogP contribution is -2.27. The van der Waals surface area contributed by atoms with Gasteiger partial charge in [-0.2, -0.15) is 0 Å². The maximum Gasteiger partial charge on any atom is 0.240 e. The van der Waals surface area contributed by atoms with Crippen LogP contribution < -0.4 is 9.46 Å². The van der Waals surface area contributed by atoms with Gasteiger partial charge in [0.2, 0.25) is 10.0 Å². The predicted octanol–water partition coefficient (Wildman–Crippen LogP) is 4.82. The molecular formula is C22H23NO3S2. The molecule has 0 saturated heterocycles. The second kappa shape index (κ2) is 9.28. The first kappa shape index (κ1) is 20.5. The summed E-state index contributed by atoms with van der Waals surface area (Å²) in [6, 6.07) is 24.5. The minimum atomic E-state index is -3.57. The molecule has 4 nitrogen and oxygen atoms in total. The van der Waals surface area contributed by atoms with Gasteiger partial charge >= 0.3 is 0 Å². The number of rotatable bonds is 8. The predicted molar refractivity (Wildman–Crippen MR) is 114 cm³/mol. The summed E-state index contributed by atoms with van der Waals surface area (Å²) in [7, 11) is -1.95. The van der Waals surface area contributed by atoms with Crippen LogP contribution in [-0.2, 0) is 10.0 Å². The molecule has 0 saturated carbocycles. The van der Waals surface area contributed by atoms with Crippen molar-refractivity contribution >= 4 is 21.8 Å². The van der Waals surface area contributed by atoms with Crippen LogP contribution in [0.2, 0.25) is 0 Å². The minimum absolute atomic E-state index is 0.0754. The molecule has 0 spiro atoms. The van der Waals surface area contributed by atoms with Crippen molar-refractivity contribution in [3.8, 4) is 5.75 Å². The van der Waals surface area contributed by atoms with Crippen LogP contribution in [0.4, 0.5) is 0 Å². The van der Waals surface area contributed by atoms with Gasteiger partial charge in [0.1, 0.15) is 5.75 Å². The smallest absolute Gasteiger partial charge is 0.240 e. The van der Waals surface area contributed by atoms with Crippen molar-refractivity contribution in [2.75, 3.05) is 13.7 Å². The molecule has 0 aliphatic carbocycles. The van der Waals surface area contributed by atoms with Crippen LogP contribution in [0.5, 0.6) is 5.75 Å². The van der Waals surface area contributed by atoms with Crippen LogP contribution in [0.25, 0.3) is 0 Å². The number of nitrogens with one attached hydrogen (secondary N) is 1. The first-order chi connectivity index (χ1) is 13.5. The van der Waals surface area contributed by atoms with Gasteiger partial charge in [0.15, 0.2) is 0 Å². The van der Waals surface area contributed by atoms with Crippen LogP contribution in [0.3, 0.4) is 0 Å². The molecule has 146 valence electrons. The molecule has 1 unspecified atom stereocenters. The van der Waals surface area contributed by atoms with Crippen molar-refractivity contribution in [1.29, 1.82) is 0 Å². The van der Waals surface area contributed by atoms with E-state index >= 15 is 0 Å². The topological polar surface area (TPSA) is 55.4 Å². The molecule has 28 heavy (non-hydrogen) atoms. The van der Waals surface area contributed by atoms with Gasteiger partial charge in [0, 0.05) is 16.7 Å². The molecule has 0 bridgehead atoms. The first-order valence-corrected chi connectivity index (χ1v) is 11.3. The molecule has 1 N–H and O–H groups in total. The fraction of sp³-hybridized carbons (Fsp3) is 0.182. The molecule has 0 aliphatic heterocycles. The van der Waals surface area contributed by atoms with Crippen molar-refractivity contribution in [3.63, 3.8) is 0 Å². The zero-order chi connectivity index (χ0) is 20.0. The second-order valence-electron chi connectivity index (χ2n) is 6.36. The van der Waals surface area contributed by atoms with Crippen LogP contribution in [-0.4, -0.2) is 22.1 Å². The standard InChI is InChI=1S/C22H23NO3S2/c1-17-8-14-21(15-9-17)28(24,25)23-16-22(27-20-6-4-3-5-7-20)18-10-12-19(26-2)13-11-18/h3-15,22-23H,16H2,1-2H3. The van der Waals surface area contributed by atoms with Crippen molar-refractivity contribution in [1.82, 2.24) is 4.72 Å². The Hall–Kier alpha value is -2.28. The van der Waals surface area contributed by atoms with E-state index in [4.69, 9.17) is 4.74 Å². The highest BCUT2D eigenvalue weighted by Crippen LogP contribution is 2.35. The summed E-state index contributed by atoms with van der Waals surface area (Å²) >= 11 is 1.63. The monoisotopic (exact) mass is 413 g/mol. The zero-order valence-electron chi connectivity index (χ0n) is 15.8. The molecule has 0 fully saturated rings. The van der Waals surface area contributed by atoms with Gasteiger partial charge in [0.25, 0.3) is 0 Å². The third kappa shape index (κ3) is 5.38. The van der Waals surface area contributed by atoms with E-state index in [9.17, 15) is 8.42 Å². The van der Waals surface area contributed by atoms with Gasteiger partial charge in [-0.05, 0) is 48.9 Å². The van der Waals surface area contributed by atoms with Crippen molar-refractivity contribution in [3.05, 3.63) is 90.0 Å². The second-order valence-corrected chi connectivity index (χ2v) is 9.40. The average molecular weight is 414 g/mol. The Morgan fingerprint density at radius 2 is 1.57 bits per heavy atom. The van der Waals surface area contributed by atoms with Crippen molar-refractivity contribution in [2.45, 2.75) is 22.0 Å². The Kier molecular flexibility index (Phi) is 6.78. The van der Waals surface area contributed by atoms with E-state index in [1.54, 1.807) is 43.1 Å². The fourth-order valence-electron chi connectivity index (χ4n) is 2.70. The van der Waals surface area contributed by atoms with Gasteiger partial charge in [-0.1, -0.05) is 48.0 Å². The number of thioether (sulfide) groups is 1. The van der Waals surface area contributed by atoms with E-state index in [0.717, 1.165) is 21.8 Å². The molecule has 3 rings (SSSR count). The zero-order valence-corrected chi connectivity index (χ0v) is 17.5. The van der Waals surface area contributed by atoms with E-state index in [1.807, 2.05) is 61.5 Å². The maximum atomic E-state index is 12.7. The number of benzene rings is 3. The lowest BCUT2D eigenvalue weighted by atomic mass is 10.1. The largest absolute Gasteiger partial charge is 0.497 e. The van der Waals surface area contributed by atoms with Crippen LogP contribution in [0, 0.1) is 6.92 Å². The summed E-state index contributed by atoms with van der Waals surface area (Å²) in [6.45, 7) is 2.21. The number of aryl methyl sites for hydroxylation is 1. The van der Waals surface area contributed by atoms with Gasteiger partial charge in [-0.3, -0.25) is 0 Å². The van der Waals surface area contributed by atoms with E-state index in [2.05, 4.69) is 4.72 Å². The number of methoxy groups -OCH3 is 1. The lowest BCUT2D eigenvalue weighted by molar-refractivity contribution is 0.414. The molecule has 0 aromatic heterocycles. The number of hydrogen-bond donors (Lipinski definition) is 1. The third-order valence-electron chi connectivity index (χ3n) is 4.30. The maximum absolute atomic E-state index is 12.7. The van der Waals surface area contributed by atoms with Gasteiger partial charge in [0.05, 0.1) is 12.0 Å². The van der Waals surface area contributed by atoms with E-state index in [0.29, 0.717) is 0 Å². The molecule has 1 atom stereocenters. The summed E-state index contributed by atoms with van der Waals surface area (Å²) < 4.78 is 33.4. The minimum Gasteiger partial charge on any atom is -0.497 e. The SMILES string of the molecule is COc1ccc(C(CNS(=O)(=O)c2ccc(C)cc2)Sc2ccccc2)cc1. The Labute approximate surface area is 171 Å². The molecule has 6 heteroatoms. The summed E-state index contributed by atoms with van der Waals surface area (Å²) in [4.78, 5) is 1.36. The lowest BCUT2D eigenvalue weighted by Gasteiger charge is -2.18. The number of hydrogen-bond acceptors (Lipinski definition) is 4. The summed E-state index contributed by atoms with van der Waals surface area (Å²) in [5.41, 5.74) is 2.05. The highest BCUT2D eigenvalue weighted by molar-refractivity contribution is 7.99. The molecule has 3 aromatic rings. The van der Waals surface area contributed by atoms with Crippen molar-refractivity contribution < 1.29 is 13.2 Å². The fourth-order valence-corrected chi connectivity index (χ4v) is 4.95. The molecule has 0 amide bonds. The molecule has 3 aromatic carbocycles. The third-order valence-corrected chi connectivity index (χ3v) is 7.01. The van der Waals surface area contributed by atoms with Gasteiger partial charge in [-0.15, -0.1) is 11.8 Å². The molecular weight excluding hydrogens is 390 g/mol. The summed E-state index contributed by atoms with van der Waals surface area (Å²) in [5.74, 6) is 0.771. The van der Waals surface area contributed by atoms with Crippen LogP contribution in [0.15, 0.2) is 88.7 Å². The number of ether oxygens (including phenoxy) is 1. The quantitative estimate of drug-likeness (QED) is 0.538. The summed E-state index contributed by atoms with van der Waals surface area (Å²) in [5, 5.41) is -0.0754. The van der Waals surface area contributed by atoms with E-state index in [1.165, 1.54) is 0 Å². The average Bonchev–Trinajstić information content (AvgIpc) is 2.72. The van der Waals surface area contributed by atoms with Crippen LogP contribution in [0.1, 0.15) is 16.4 Å². The Balaban J connectivity index is 1.80. The molecule has 0 radical (unpaired) electrons. The summed E-state index contributed by atoms with van der Waals surface area (Å²) in [6.07, 6.45) is 0. The molecule has 0 aliphatic rings. The van der Waals surface area contributed by atoms with E-state index in [-0.39, 0.29) is 16.7 Å². The van der Waals surface area contributed by atoms with Gasteiger partial charge < -0.3 is 4.74 Å². The van der Waals surface area contributed by atoms with Gasteiger partial charge in [-0.25, -0.2) is 13.1 Å².